The lowest BCUT2D eigenvalue weighted by atomic mass is 9.76. The molecular weight excluding hydrogens is 486 g/mol. The number of nitrogens with one attached hydrogen (secondary N) is 1. The van der Waals surface area contributed by atoms with Gasteiger partial charge in [-0.15, -0.1) is 0 Å². The minimum Gasteiger partial charge on any atom is -0.491 e. The Morgan fingerprint density at radius 2 is 2.00 bits per heavy atom. The molecule has 0 spiro atoms. The summed E-state index contributed by atoms with van der Waals surface area (Å²) in [6, 6.07) is 9.29. The fourth-order valence-corrected chi connectivity index (χ4v) is 6.11. The number of aryl methyl sites for hydroxylation is 2. The van der Waals surface area contributed by atoms with Crippen LogP contribution >= 0.6 is 0 Å². The lowest BCUT2D eigenvalue weighted by Crippen LogP contribution is -2.32. The van der Waals surface area contributed by atoms with Gasteiger partial charge in [-0.25, -0.2) is 19.9 Å². The van der Waals surface area contributed by atoms with Gasteiger partial charge in [0.2, 0.25) is 0 Å². The quantitative estimate of drug-likeness (QED) is 0.383. The molecular formula is C31H37N7O. The van der Waals surface area contributed by atoms with Gasteiger partial charge in [0.05, 0.1) is 18.6 Å². The Kier molecular flexibility index (Phi) is 5.84. The Morgan fingerprint density at radius 1 is 1.13 bits per heavy atom. The smallest absolute Gasteiger partial charge is 0.177 e. The van der Waals surface area contributed by atoms with E-state index in [9.17, 15) is 0 Å². The first kappa shape index (κ1) is 24.5. The van der Waals surface area contributed by atoms with Crippen LogP contribution in [0.3, 0.4) is 0 Å². The molecule has 4 heterocycles. The van der Waals surface area contributed by atoms with Crippen molar-refractivity contribution in [3.63, 3.8) is 0 Å². The van der Waals surface area contributed by atoms with Crippen LogP contribution in [0.15, 0.2) is 30.5 Å². The fourth-order valence-electron chi connectivity index (χ4n) is 6.11. The number of anilines is 1. The van der Waals surface area contributed by atoms with Crippen LogP contribution in [0.5, 0.6) is 5.75 Å². The first-order valence-corrected chi connectivity index (χ1v) is 14.2. The molecule has 8 heteroatoms. The number of nitrogens with zero attached hydrogens (tertiary/aromatic N) is 6. The fraction of sp³-hybridized carbons (Fsp3) is 0.484. The second kappa shape index (κ2) is 9.30. The van der Waals surface area contributed by atoms with Crippen LogP contribution in [0.4, 0.5) is 5.82 Å². The van der Waals surface area contributed by atoms with Crippen LogP contribution in [0.2, 0.25) is 0 Å². The lowest BCUT2D eigenvalue weighted by Gasteiger charge is -2.34. The van der Waals surface area contributed by atoms with E-state index in [1.54, 1.807) is 0 Å². The van der Waals surface area contributed by atoms with Gasteiger partial charge in [-0.2, -0.15) is 0 Å². The van der Waals surface area contributed by atoms with Crippen molar-refractivity contribution >= 4 is 17.0 Å². The molecule has 2 aliphatic carbocycles. The highest BCUT2D eigenvalue weighted by atomic mass is 16.5. The van der Waals surface area contributed by atoms with Crippen molar-refractivity contribution in [2.75, 3.05) is 25.1 Å². The number of hydrogen-bond donors (Lipinski definition) is 1. The number of benzene rings is 1. The van der Waals surface area contributed by atoms with Crippen molar-refractivity contribution in [3.05, 3.63) is 58.9 Å². The summed E-state index contributed by atoms with van der Waals surface area (Å²) in [5.74, 6) is 3.88. The molecule has 1 aromatic carbocycles. The van der Waals surface area contributed by atoms with Gasteiger partial charge in [0.15, 0.2) is 5.65 Å². The number of imidazole rings is 1. The van der Waals surface area contributed by atoms with Gasteiger partial charge in [-0.1, -0.05) is 19.9 Å². The van der Waals surface area contributed by atoms with Crippen molar-refractivity contribution in [2.24, 2.45) is 5.41 Å². The predicted octanol–water partition coefficient (Wildman–Crippen LogP) is 5.23. The summed E-state index contributed by atoms with van der Waals surface area (Å²) in [7, 11) is 2.21. The molecule has 0 bridgehead atoms. The SMILES string of the molecule is Cc1nc2ncc(-c3ccc4c(c3)CN(c3nc(CN(C)C5CC5)nc5c3CC(C)(C)CC5)CCO4)cc2[nH]1. The van der Waals surface area contributed by atoms with Gasteiger partial charge in [0.1, 0.15) is 29.8 Å². The molecule has 202 valence electrons. The third-order valence-corrected chi connectivity index (χ3v) is 8.50. The van der Waals surface area contributed by atoms with E-state index in [4.69, 9.17) is 14.7 Å². The van der Waals surface area contributed by atoms with E-state index in [1.165, 1.54) is 29.7 Å². The summed E-state index contributed by atoms with van der Waals surface area (Å²) >= 11 is 0. The molecule has 3 aliphatic rings. The number of aromatic amines is 1. The van der Waals surface area contributed by atoms with E-state index in [1.807, 2.05) is 13.1 Å². The molecule has 0 saturated heterocycles. The van der Waals surface area contributed by atoms with Gasteiger partial charge >= 0.3 is 0 Å². The molecule has 0 unspecified atom stereocenters. The molecule has 1 N–H and O–H groups in total. The van der Waals surface area contributed by atoms with Crippen LogP contribution in [0, 0.1) is 12.3 Å². The molecule has 3 aromatic heterocycles. The highest BCUT2D eigenvalue weighted by Gasteiger charge is 2.33. The van der Waals surface area contributed by atoms with Crippen LogP contribution in [0.1, 0.15) is 61.6 Å². The largest absolute Gasteiger partial charge is 0.491 e. The Balaban J connectivity index is 1.25. The summed E-state index contributed by atoms with van der Waals surface area (Å²) in [5, 5.41) is 0. The van der Waals surface area contributed by atoms with Crippen molar-refractivity contribution in [3.8, 4) is 16.9 Å². The summed E-state index contributed by atoms with van der Waals surface area (Å²) in [6.45, 7) is 9.69. The van der Waals surface area contributed by atoms with Gasteiger partial charge < -0.3 is 14.6 Å². The van der Waals surface area contributed by atoms with Crippen molar-refractivity contribution in [1.82, 2.24) is 29.8 Å². The predicted molar refractivity (Wildman–Crippen MR) is 153 cm³/mol. The van der Waals surface area contributed by atoms with E-state index in [0.29, 0.717) is 12.6 Å². The van der Waals surface area contributed by atoms with E-state index in [-0.39, 0.29) is 5.41 Å². The van der Waals surface area contributed by atoms with E-state index in [0.717, 1.165) is 84.4 Å². The highest BCUT2D eigenvalue weighted by Crippen LogP contribution is 2.39. The van der Waals surface area contributed by atoms with E-state index < -0.39 is 0 Å². The van der Waals surface area contributed by atoms with Crippen molar-refractivity contribution < 1.29 is 4.74 Å². The molecule has 1 aliphatic heterocycles. The van der Waals surface area contributed by atoms with Crippen LogP contribution in [0.25, 0.3) is 22.3 Å². The molecule has 0 amide bonds. The number of aromatic nitrogens is 5. The molecule has 1 saturated carbocycles. The maximum absolute atomic E-state index is 6.26. The summed E-state index contributed by atoms with van der Waals surface area (Å²) in [6.07, 6.45) is 7.67. The zero-order valence-corrected chi connectivity index (χ0v) is 23.4. The highest BCUT2D eigenvalue weighted by molar-refractivity contribution is 5.78. The average molecular weight is 524 g/mol. The summed E-state index contributed by atoms with van der Waals surface area (Å²) in [5.41, 5.74) is 7.89. The Bertz CT molecular complexity index is 1550. The van der Waals surface area contributed by atoms with Crippen molar-refractivity contribution in [2.45, 2.75) is 72.0 Å². The standard InChI is InChI=1S/C31H37N7O/c1-19-33-26-14-21(16-32-29(26)34-19)20-5-8-27-22(13-20)17-38(11-12-39-27)30-24-15-31(2,3)10-9-25(24)35-28(36-30)18-37(4)23-6-7-23/h5,8,13-14,16,23H,6-7,9-12,15,17-18H2,1-4H3,(H,32,33,34). The molecule has 7 rings (SSSR count). The normalized spacial score (nSPS) is 18.5. The number of ether oxygens (including phenoxy) is 1. The summed E-state index contributed by atoms with van der Waals surface area (Å²) in [4.78, 5) is 27.5. The summed E-state index contributed by atoms with van der Waals surface area (Å²) < 4.78 is 6.26. The molecule has 1 fully saturated rings. The first-order chi connectivity index (χ1) is 18.8. The van der Waals surface area contributed by atoms with E-state index >= 15 is 0 Å². The molecule has 4 aromatic rings. The number of rotatable bonds is 5. The average Bonchev–Trinajstić information content (AvgIpc) is 3.71. The lowest BCUT2D eigenvalue weighted by molar-refractivity contribution is 0.298. The maximum Gasteiger partial charge on any atom is 0.177 e. The topological polar surface area (TPSA) is 83.1 Å². The molecule has 8 nitrogen and oxygen atoms in total. The third-order valence-electron chi connectivity index (χ3n) is 8.50. The minimum absolute atomic E-state index is 0.252. The Labute approximate surface area is 229 Å². The number of hydrogen-bond acceptors (Lipinski definition) is 7. The zero-order chi connectivity index (χ0) is 26.7. The second-order valence-electron chi connectivity index (χ2n) is 12.4. The molecule has 0 atom stereocenters. The van der Waals surface area contributed by atoms with Gasteiger partial charge in [-0.05, 0) is 75.3 Å². The van der Waals surface area contributed by atoms with Gasteiger partial charge in [0.25, 0.3) is 0 Å². The molecule has 0 radical (unpaired) electrons. The number of fused-ring (bicyclic) bond motifs is 3. The van der Waals surface area contributed by atoms with Crippen LogP contribution in [-0.2, 0) is 25.9 Å². The van der Waals surface area contributed by atoms with Crippen LogP contribution < -0.4 is 9.64 Å². The molecule has 39 heavy (non-hydrogen) atoms. The third kappa shape index (κ3) is 4.86. The monoisotopic (exact) mass is 523 g/mol. The number of pyridine rings is 1. The van der Waals surface area contributed by atoms with Gasteiger partial charge in [-0.3, -0.25) is 4.90 Å². The van der Waals surface area contributed by atoms with Gasteiger partial charge in [0, 0.05) is 41.2 Å². The Morgan fingerprint density at radius 3 is 2.85 bits per heavy atom. The van der Waals surface area contributed by atoms with Crippen LogP contribution in [-0.4, -0.2) is 56.1 Å². The Hall–Kier alpha value is -3.52. The number of H-pyrrole nitrogens is 1. The first-order valence-electron chi connectivity index (χ1n) is 14.2. The zero-order valence-electron chi connectivity index (χ0n) is 23.4. The van der Waals surface area contributed by atoms with E-state index in [2.05, 4.69) is 69.9 Å². The second-order valence-corrected chi connectivity index (χ2v) is 12.4. The maximum atomic E-state index is 6.26. The van der Waals surface area contributed by atoms with Crippen molar-refractivity contribution in [1.29, 1.82) is 0 Å². The minimum atomic E-state index is 0.252.